The monoisotopic (exact) mass is 326 g/mol. The standard InChI is InChI=1S/C19H22N2O3/c1-5-7-8-14(6-2)11-20-18(22)15-16-13(4)9-12(3)10-21(16)24-17(15)19(20)23/h5-10,15-17H,2,11H2,1,3-4H3/b7-5-,14-8+/t15?,16-,17?/m1/s1. The maximum atomic E-state index is 12.9. The van der Waals surface area contributed by atoms with Gasteiger partial charge in [-0.1, -0.05) is 37.0 Å². The third kappa shape index (κ3) is 2.55. The number of hydrogen-bond donors (Lipinski definition) is 0. The number of nitrogens with zero attached hydrogens (tertiary/aromatic N) is 2. The van der Waals surface area contributed by atoms with E-state index in [1.54, 1.807) is 11.1 Å². The average Bonchev–Trinajstić information content (AvgIpc) is 3.02. The summed E-state index contributed by atoms with van der Waals surface area (Å²) in [5.74, 6) is -0.927. The molecule has 2 fully saturated rings. The molecule has 3 heterocycles. The predicted octanol–water partition coefficient (Wildman–Crippen LogP) is 2.51. The molecule has 0 aliphatic carbocycles. The molecule has 0 spiro atoms. The molecule has 0 aromatic rings. The molecule has 2 unspecified atom stereocenters. The summed E-state index contributed by atoms with van der Waals surface area (Å²) in [4.78, 5) is 32.6. The fourth-order valence-electron chi connectivity index (χ4n) is 3.51. The Morgan fingerprint density at radius 3 is 2.75 bits per heavy atom. The van der Waals surface area contributed by atoms with Crippen molar-refractivity contribution in [2.75, 3.05) is 6.54 Å². The molecular formula is C19H22N2O3. The van der Waals surface area contributed by atoms with Crippen LogP contribution >= 0.6 is 0 Å². The highest BCUT2D eigenvalue weighted by molar-refractivity contribution is 6.07. The maximum Gasteiger partial charge on any atom is 0.262 e. The van der Waals surface area contributed by atoms with E-state index in [2.05, 4.69) is 6.58 Å². The Hall–Kier alpha value is -2.40. The number of rotatable bonds is 4. The van der Waals surface area contributed by atoms with Gasteiger partial charge in [-0.15, -0.1) is 0 Å². The zero-order valence-electron chi connectivity index (χ0n) is 14.2. The summed E-state index contributed by atoms with van der Waals surface area (Å²) in [6, 6.07) is -0.202. The Balaban J connectivity index is 1.85. The molecule has 0 radical (unpaired) electrons. The zero-order chi connectivity index (χ0) is 17.4. The molecule has 3 aliphatic rings. The van der Waals surface area contributed by atoms with Crippen molar-refractivity contribution >= 4 is 11.8 Å². The molecule has 0 aromatic heterocycles. The van der Waals surface area contributed by atoms with Crippen molar-refractivity contribution in [1.29, 1.82) is 0 Å². The zero-order valence-corrected chi connectivity index (χ0v) is 14.2. The van der Waals surface area contributed by atoms with Crippen LogP contribution < -0.4 is 0 Å². The number of hydroxylamine groups is 2. The van der Waals surface area contributed by atoms with Crippen molar-refractivity contribution in [2.24, 2.45) is 5.92 Å². The molecule has 0 bridgehead atoms. The second kappa shape index (κ2) is 6.24. The molecule has 2 saturated heterocycles. The number of carbonyl (C=O) groups is 2. The van der Waals surface area contributed by atoms with Gasteiger partial charge in [-0.2, -0.15) is 0 Å². The van der Waals surface area contributed by atoms with Crippen molar-refractivity contribution in [1.82, 2.24) is 9.96 Å². The molecule has 126 valence electrons. The van der Waals surface area contributed by atoms with Crippen molar-refractivity contribution in [3.8, 4) is 0 Å². The SMILES string of the molecule is C=C/C(=C\C=C/C)CN1C(=O)C2ON3C=C(C)C=C(C)[C@@H]3C2C1=O. The van der Waals surface area contributed by atoms with Crippen molar-refractivity contribution in [2.45, 2.75) is 32.9 Å². The number of hydrogen-bond acceptors (Lipinski definition) is 4. The van der Waals surface area contributed by atoms with Gasteiger partial charge in [0.2, 0.25) is 5.91 Å². The summed E-state index contributed by atoms with van der Waals surface area (Å²) in [6.07, 6.45) is 10.4. The summed E-state index contributed by atoms with van der Waals surface area (Å²) < 4.78 is 0. The maximum absolute atomic E-state index is 12.9. The molecule has 24 heavy (non-hydrogen) atoms. The molecule has 5 nitrogen and oxygen atoms in total. The first-order valence-corrected chi connectivity index (χ1v) is 8.09. The lowest BCUT2D eigenvalue weighted by Crippen LogP contribution is -2.40. The summed E-state index contributed by atoms with van der Waals surface area (Å²) in [6.45, 7) is 9.83. The summed E-state index contributed by atoms with van der Waals surface area (Å²) >= 11 is 0. The lowest BCUT2D eigenvalue weighted by Gasteiger charge is -2.29. The highest BCUT2D eigenvalue weighted by atomic mass is 16.7. The van der Waals surface area contributed by atoms with E-state index in [1.807, 2.05) is 51.3 Å². The lowest BCUT2D eigenvalue weighted by atomic mass is 9.89. The van der Waals surface area contributed by atoms with Gasteiger partial charge in [0.15, 0.2) is 6.10 Å². The van der Waals surface area contributed by atoms with Gasteiger partial charge < -0.3 is 0 Å². The first kappa shape index (κ1) is 16.5. The van der Waals surface area contributed by atoms with Crippen LogP contribution in [0.1, 0.15) is 20.8 Å². The Bertz CT molecular complexity index is 714. The fraction of sp³-hybridized carbons (Fsp3) is 0.368. The number of allylic oxidation sites excluding steroid dienone is 5. The van der Waals surface area contributed by atoms with Crippen LogP contribution in [-0.2, 0) is 14.4 Å². The van der Waals surface area contributed by atoms with Crippen LogP contribution in [0.15, 0.2) is 59.9 Å². The molecule has 2 amide bonds. The number of amides is 2. The van der Waals surface area contributed by atoms with Gasteiger partial charge in [-0.3, -0.25) is 24.4 Å². The molecule has 3 aliphatic heterocycles. The van der Waals surface area contributed by atoms with Crippen LogP contribution in [0.25, 0.3) is 0 Å². The van der Waals surface area contributed by atoms with Crippen LogP contribution in [-0.4, -0.2) is 40.5 Å². The number of carbonyl (C=O) groups excluding carboxylic acids is 2. The smallest absolute Gasteiger partial charge is 0.262 e. The van der Waals surface area contributed by atoms with E-state index in [1.165, 1.54) is 4.90 Å². The lowest BCUT2D eigenvalue weighted by molar-refractivity contribution is -0.160. The predicted molar refractivity (Wildman–Crippen MR) is 91.3 cm³/mol. The van der Waals surface area contributed by atoms with Gasteiger partial charge in [-0.25, -0.2) is 0 Å². The molecule has 0 aromatic carbocycles. The summed E-state index contributed by atoms with van der Waals surface area (Å²) in [7, 11) is 0. The van der Waals surface area contributed by atoms with Crippen molar-refractivity contribution < 1.29 is 14.4 Å². The first-order valence-electron chi connectivity index (χ1n) is 8.09. The van der Waals surface area contributed by atoms with Crippen LogP contribution in [0, 0.1) is 5.92 Å². The van der Waals surface area contributed by atoms with E-state index in [4.69, 9.17) is 4.84 Å². The minimum atomic E-state index is -0.735. The van der Waals surface area contributed by atoms with Crippen LogP contribution in [0.5, 0.6) is 0 Å². The Kier molecular flexibility index (Phi) is 4.28. The quantitative estimate of drug-likeness (QED) is 0.588. The Morgan fingerprint density at radius 2 is 2.08 bits per heavy atom. The second-order valence-electron chi connectivity index (χ2n) is 6.35. The van der Waals surface area contributed by atoms with Crippen LogP contribution in [0.2, 0.25) is 0 Å². The first-order chi connectivity index (χ1) is 11.5. The van der Waals surface area contributed by atoms with E-state index < -0.39 is 12.0 Å². The second-order valence-corrected chi connectivity index (χ2v) is 6.35. The minimum absolute atomic E-state index is 0.175. The normalized spacial score (nSPS) is 29.8. The molecule has 5 heteroatoms. The van der Waals surface area contributed by atoms with Crippen LogP contribution in [0.3, 0.4) is 0 Å². The van der Waals surface area contributed by atoms with E-state index >= 15 is 0 Å². The Labute approximate surface area is 142 Å². The molecule has 0 saturated carbocycles. The summed E-state index contributed by atoms with van der Waals surface area (Å²) in [5.41, 5.74) is 2.90. The van der Waals surface area contributed by atoms with Gasteiger partial charge >= 0.3 is 0 Å². The topological polar surface area (TPSA) is 49.9 Å². The van der Waals surface area contributed by atoms with E-state index in [0.717, 1.165) is 16.7 Å². The number of likely N-dealkylation sites (tertiary alicyclic amines) is 1. The van der Waals surface area contributed by atoms with Crippen LogP contribution in [0.4, 0.5) is 0 Å². The number of imide groups is 1. The molecular weight excluding hydrogens is 304 g/mol. The highest BCUT2D eigenvalue weighted by Crippen LogP contribution is 2.41. The third-order valence-corrected chi connectivity index (χ3v) is 4.59. The molecule has 3 atom stereocenters. The van der Waals surface area contributed by atoms with Gasteiger partial charge in [0.1, 0.15) is 5.92 Å². The highest BCUT2D eigenvalue weighted by Gasteiger charge is 2.59. The van der Waals surface area contributed by atoms with Crippen molar-refractivity contribution in [3.63, 3.8) is 0 Å². The van der Waals surface area contributed by atoms with Crippen molar-refractivity contribution in [3.05, 3.63) is 59.9 Å². The van der Waals surface area contributed by atoms with Gasteiger partial charge in [0, 0.05) is 6.20 Å². The molecule has 0 N–H and O–H groups in total. The van der Waals surface area contributed by atoms with Gasteiger partial charge in [0.05, 0.1) is 12.6 Å². The largest absolute Gasteiger partial charge is 0.275 e. The van der Waals surface area contributed by atoms with E-state index in [-0.39, 0.29) is 24.4 Å². The van der Waals surface area contributed by atoms with E-state index in [0.29, 0.717) is 0 Å². The Morgan fingerprint density at radius 1 is 1.33 bits per heavy atom. The van der Waals surface area contributed by atoms with Gasteiger partial charge in [-0.05, 0) is 37.5 Å². The number of fused-ring (bicyclic) bond motifs is 3. The third-order valence-electron chi connectivity index (χ3n) is 4.59. The fourth-order valence-corrected chi connectivity index (χ4v) is 3.51. The minimum Gasteiger partial charge on any atom is -0.275 e. The van der Waals surface area contributed by atoms with Gasteiger partial charge in [0.25, 0.3) is 5.91 Å². The average molecular weight is 326 g/mol. The summed E-state index contributed by atoms with van der Waals surface area (Å²) in [5, 5.41) is 1.66. The van der Waals surface area contributed by atoms with E-state index in [9.17, 15) is 9.59 Å². The molecule has 3 rings (SSSR count).